The van der Waals surface area contributed by atoms with Crippen molar-refractivity contribution >= 4 is 5.91 Å². The molecule has 0 aromatic carbocycles. The summed E-state index contributed by atoms with van der Waals surface area (Å²) in [6.45, 7) is 1.32. The summed E-state index contributed by atoms with van der Waals surface area (Å²) >= 11 is 0. The minimum absolute atomic E-state index is 0.146. The van der Waals surface area contributed by atoms with Gasteiger partial charge in [0.2, 0.25) is 17.6 Å². The third-order valence-corrected chi connectivity index (χ3v) is 4.81. The van der Waals surface area contributed by atoms with Crippen molar-refractivity contribution in [3.8, 4) is 11.6 Å². The van der Waals surface area contributed by atoms with Gasteiger partial charge >= 0.3 is 0 Å². The average molecular weight is 331 g/mol. The average Bonchev–Trinajstić information content (AvgIpc) is 3.30. The second-order valence-corrected chi connectivity index (χ2v) is 6.34. The molecule has 1 saturated carbocycles. The third kappa shape index (κ3) is 3.08. The second kappa shape index (κ2) is 6.76. The Kier molecular flexibility index (Phi) is 4.34. The highest BCUT2D eigenvalue weighted by Gasteiger charge is 2.36. The van der Waals surface area contributed by atoms with Crippen LogP contribution in [-0.2, 0) is 16.0 Å². The first-order valence-electron chi connectivity index (χ1n) is 8.59. The fraction of sp³-hybridized carbons (Fsp3) is 0.588. The largest absolute Gasteiger partial charge is 0.461 e. The number of amides is 1. The summed E-state index contributed by atoms with van der Waals surface area (Å²) in [6.07, 6.45) is 7.07. The van der Waals surface area contributed by atoms with Crippen molar-refractivity contribution in [1.82, 2.24) is 15.0 Å². The monoisotopic (exact) mass is 331 g/mol. The van der Waals surface area contributed by atoms with E-state index < -0.39 is 0 Å². The predicted octanol–water partition coefficient (Wildman–Crippen LogP) is 2.43. The summed E-state index contributed by atoms with van der Waals surface area (Å²) < 4.78 is 16.3. The van der Waals surface area contributed by atoms with E-state index in [1.54, 1.807) is 18.4 Å². The van der Waals surface area contributed by atoms with Crippen molar-refractivity contribution in [2.45, 2.75) is 50.7 Å². The fourth-order valence-corrected chi connectivity index (χ4v) is 3.63. The summed E-state index contributed by atoms with van der Waals surface area (Å²) in [5, 5.41) is 3.89. The zero-order chi connectivity index (χ0) is 16.4. The van der Waals surface area contributed by atoms with E-state index in [0.29, 0.717) is 43.5 Å². The maximum atomic E-state index is 12.6. The van der Waals surface area contributed by atoms with Crippen LogP contribution in [0.25, 0.3) is 11.6 Å². The van der Waals surface area contributed by atoms with E-state index in [1.807, 2.05) is 4.90 Å². The molecule has 0 N–H and O–H groups in total. The van der Waals surface area contributed by atoms with E-state index >= 15 is 0 Å². The van der Waals surface area contributed by atoms with Gasteiger partial charge in [0.1, 0.15) is 0 Å². The van der Waals surface area contributed by atoms with Crippen LogP contribution in [-0.4, -0.2) is 46.2 Å². The Bertz CT molecular complexity index is 680. The quantitative estimate of drug-likeness (QED) is 0.856. The topological polar surface area (TPSA) is 81.6 Å². The van der Waals surface area contributed by atoms with Crippen molar-refractivity contribution in [2.75, 3.05) is 13.2 Å². The number of fused-ring (bicyclic) bond motifs is 1. The molecule has 3 heterocycles. The Labute approximate surface area is 140 Å². The number of aromatic nitrogens is 2. The number of aryl methyl sites for hydroxylation is 1. The summed E-state index contributed by atoms with van der Waals surface area (Å²) in [5.41, 5.74) is 0. The van der Waals surface area contributed by atoms with Crippen molar-refractivity contribution in [2.24, 2.45) is 0 Å². The summed E-state index contributed by atoms with van der Waals surface area (Å²) in [6, 6.07) is 3.78. The van der Waals surface area contributed by atoms with Gasteiger partial charge in [-0.25, -0.2) is 0 Å². The maximum Gasteiger partial charge on any atom is 0.238 e. The molecule has 2 aromatic rings. The first-order valence-corrected chi connectivity index (χ1v) is 8.59. The Morgan fingerprint density at radius 3 is 3.12 bits per heavy atom. The van der Waals surface area contributed by atoms with Crippen LogP contribution >= 0.6 is 0 Å². The molecule has 0 spiro atoms. The van der Waals surface area contributed by atoms with Crippen LogP contribution in [0.2, 0.25) is 0 Å². The summed E-state index contributed by atoms with van der Waals surface area (Å²) in [5.74, 6) is 1.59. The standard InChI is InChI=1S/C17H21N3O4/c21-16(20-9-11-23-13-5-2-1-4-12(13)20)8-7-15-18-17(19-24-15)14-6-3-10-22-14/h3,6,10,12-13H,1-2,4-5,7-9,11H2/t12-,13+/m0/s1. The van der Waals surface area contributed by atoms with Gasteiger partial charge in [-0.3, -0.25) is 4.79 Å². The number of nitrogens with zero attached hydrogens (tertiary/aromatic N) is 3. The van der Waals surface area contributed by atoms with Crippen molar-refractivity contribution < 1.29 is 18.5 Å². The molecule has 7 heteroatoms. The number of hydrogen-bond acceptors (Lipinski definition) is 6. The van der Waals surface area contributed by atoms with Gasteiger partial charge in [-0.05, 0) is 25.0 Å². The Morgan fingerprint density at radius 1 is 1.33 bits per heavy atom. The summed E-state index contributed by atoms with van der Waals surface area (Å²) in [7, 11) is 0. The maximum absolute atomic E-state index is 12.6. The van der Waals surface area contributed by atoms with Gasteiger partial charge < -0.3 is 18.6 Å². The first-order chi connectivity index (χ1) is 11.8. The van der Waals surface area contributed by atoms with Crippen LogP contribution in [0.4, 0.5) is 0 Å². The molecular weight excluding hydrogens is 310 g/mol. The number of hydrogen-bond donors (Lipinski definition) is 0. The van der Waals surface area contributed by atoms with Crippen LogP contribution < -0.4 is 0 Å². The Morgan fingerprint density at radius 2 is 2.25 bits per heavy atom. The lowest BCUT2D eigenvalue weighted by molar-refractivity contribution is -0.149. The minimum atomic E-state index is 0.146. The van der Waals surface area contributed by atoms with Crippen molar-refractivity contribution in [3.63, 3.8) is 0 Å². The smallest absolute Gasteiger partial charge is 0.238 e. The molecule has 24 heavy (non-hydrogen) atoms. The molecule has 0 unspecified atom stereocenters. The van der Waals surface area contributed by atoms with E-state index in [1.165, 1.54) is 12.8 Å². The molecule has 2 atom stereocenters. The van der Waals surface area contributed by atoms with Crippen molar-refractivity contribution in [3.05, 3.63) is 24.3 Å². The van der Waals surface area contributed by atoms with E-state index in [-0.39, 0.29) is 18.1 Å². The molecule has 1 aliphatic heterocycles. The molecule has 7 nitrogen and oxygen atoms in total. The van der Waals surface area contributed by atoms with E-state index in [9.17, 15) is 4.79 Å². The van der Waals surface area contributed by atoms with E-state index in [2.05, 4.69) is 10.1 Å². The van der Waals surface area contributed by atoms with Gasteiger partial charge in [0.15, 0.2) is 5.76 Å². The molecule has 2 fully saturated rings. The molecule has 128 valence electrons. The number of morpholine rings is 1. The summed E-state index contributed by atoms with van der Waals surface area (Å²) in [4.78, 5) is 18.9. The fourth-order valence-electron chi connectivity index (χ4n) is 3.63. The van der Waals surface area contributed by atoms with Crippen LogP contribution in [0.3, 0.4) is 0 Å². The van der Waals surface area contributed by atoms with Crippen LogP contribution in [0, 0.1) is 0 Å². The van der Waals surface area contributed by atoms with E-state index in [0.717, 1.165) is 12.8 Å². The molecule has 1 saturated heterocycles. The highest BCUT2D eigenvalue weighted by Crippen LogP contribution is 2.29. The highest BCUT2D eigenvalue weighted by atomic mass is 16.5. The molecule has 0 bridgehead atoms. The zero-order valence-corrected chi connectivity index (χ0v) is 13.5. The molecule has 1 amide bonds. The molecular formula is C17H21N3O4. The molecule has 2 aliphatic rings. The van der Waals surface area contributed by atoms with Crippen LogP contribution in [0.15, 0.2) is 27.3 Å². The number of rotatable bonds is 4. The first kappa shape index (κ1) is 15.4. The molecule has 1 aliphatic carbocycles. The lowest BCUT2D eigenvalue weighted by atomic mass is 9.90. The lowest BCUT2D eigenvalue weighted by Gasteiger charge is -2.43. The molecule has 2 aromatic heterocycles. The second-order valence-electron chi connectivity index (χ2n) is 6.34. The predicted molar refractivity (Wildman–Crippen MR) is 84.0 cm³/mol. The van der Waals surface area contributed by atoms with Gasteiger partial charge in [-0.15, -0.1) is 0 Å². The molecule has 4 rings (SSSR count). The zero-order valence-electron chi connectivity index (χ0n) is 13.5. The number of carbonyl (C=O) groups is 1. The third-order valence-electron chi connectivity index (χ3n) is 4.81. The van der Waals surface area contributed by atoms with Crippen LogP contribution in [0.5, 0.6) is 0 Å². The van der Waals surface area contributed by atoms with Crippen LogP contribution in [0.1, 0.15) is 38.0 Å². The van der Waals surface area contributed by atoms with Crippen molar-refractivity contribution in [1.29, 1.82) is 0 Å². The Hall–Kier alpha value is -2.15. The number of furan rings is 1. The van der Waals surface area contributed by atoms with Gasteiger partial charge in [0.05, 0.1) is 25.0 Å². The van der Waals surface area contributed by atoms with Gasteiger partial charge in [0, 0.05) is 19.4 Å². The van der Waals surface area contributed by atoms with Gasteiger partial charge in [-0.1, -0.05) is 18.0 Å². The van der Waals surface area contributed by atoms with Gasteiger partial charge in [-0.2, -0.15) is 4.98 Å². The number of carbonyl (C=O) groups excluding carboxylic acids is 1. The normalized spacial score (nSPS) is 23.9. The number of ether oxygens (including phenoxy) is 1. The van der Waals surface area contributed by atoms with Gasteiger partial charge in [0.25, 0.3) is 0 Å². The highest BCUT2D eigenvalue weighted by molar-refractivity contribution is 5.77. The lowest BCUT2D eigenvalue weighted by Crippen LogP contribution is -2.54. The van der Waals surface area contributed by atoms with E-state index in [4.69, 9.17) is 13.7 Å². The Balaban J connectivity index is 1.36. The minimum Gasteiger partial charge on any atom is -0.461 e. The molecule has 0 radical (unpaired) electrons. The SMILES string of the molecule is O=C(CCc1nc(-c2ccco2)no1)N1CCO[C@@H]2CCCC[C@@H]21.